The number of amides is 1. The van der Waals surface area contributed by atoms with Gasteiger partial charge in [-0.05, 0) is 80.2 Å². The Morgan fingerprint density at radius 3 is 2.67 bits per heavy atom. The first-order chi connectivity index (χ1) is 14.5. The van der Waals surface area contributed by atoms with Crippen LogP contribution in [0, 0.1) is 11.7 Å². The van der Waals surface area contributed by atoms with Gasteiger partial charge in [0, 0.05) is 29.2 Å². The lowest BCUT2D eigenvalue weighted by molar-refractivity contribution is -0.116. The second kappa shape index (κ2) is 11.3. The summed E-state index contributed by atoms with van der Waals surface area (Å²) < 4.78 is 19.3. The topological polar surface area (TPSA) is 41.6 Å². The summed E-state index contributed by atoms with van der Waals surface area (Å²) in [4.78, 5) is 14.5. The number of carbonyl (C=O) groups excluding carboxylic acids is 1. The molecular formula is C24H28BrFN2O2. The zero-order valence-corrected chi connectivity index (χ0v) is 18.8. The van der Waals surface area contributed by atoms with E-state index in [1.165, 1.54) is 17.7 Å². The molecule has 0 atom stereocenters. The van der Waals surface area contributed by atoms with Crippen LogP contribution in [0.3, 0.4) is 0 Å². The first-order valence-electron chi connectivity index (χ1n) is 10.3. The van der Waals surface area contributed by atoms with Gasteiger partial charge in [-0.1, -0.05) is 28.1 Å². The third-order valence-electron chi connectivity index (χ3n) is 5.48. The molecule has 160 valence electrons. The quantitative estimate of drug-likeness (QED) is 0.564. The monoisotopic (exact) mass is 474 g/mol. The molecule has 0 bridgehead atoms. The molecular weight excluding hydrogens is 447 g/mol. The Kier molecular flexibility index (Phi) is 8.46. The van der Waals surface area contributed by atoms with E-state index in [4.69, 9.17) is 4.74 Å². The molecule has 0 saturated carbocycles. The van der Waals surface area contributed by atoms with Crippen LogP contribution in [0.1, 0.15) is 24.0 Å². The van der Waals surface area contributed by atoms with Crippen molar-refractivity contribution in [2.45, 2.75) is 19.3 Å². The number of hydrogen-bond donors (Lipinski definition) is 1. The van der Waals surface area contributed by atoms with Gasteiger partial charge in [0.15, 0.2) is 0 Å². The van der Waals surface area contributed by atoms with E-state index in [1.54, 1.807) is 19.3 Å². The fraction of sp³-hybridized carbons (Fsp3) is 0.375. The summed E-state index contributed by atoms with van der Waals surface area (Å²) in [6, 6.07) is 12.5. The fourth-order valence-electron chi connectivity index (χ4n) is 3.77. The first kappa shape index (κ1) is 22.5. The molecule has 4 nitrogen and oxygen atoms in total. The molecule has 1 amide bonds. The number of rotatable bonds is 8. The molecule has 2 aromatic carbocycles. The van der Waals surface area contributed by atoms with Crippen molar-refractivity contribution < 1.29 is 13.9 Å². The van der Waals surface area contributed by atoms with E-state index in [0.29, 0.717) is 12.5 Å². The predicted octanol–water partition coefficient (Wildman–Crippen LogP) is 4.68. The summed E-state index contributed by atoms with van der Waals surface area (Å²) in [5.74, 6) is 1.08. The largest absolute Gasteiger partial charge is 0.496 e. The van der Waals surface area contributed by atoms with Crippen LogP contribution >= 0.6 is 15.9 Å². The molecule has 1 saturated heterocycles. The molecule has 1 N–H and O–H groups in total. The Hall–Kier alpha value is -2.18. The molecule has 1 fully saturated rings. The fourth-order valence-corrected chi connectivity index (χ4v) is 4.14. The van der Waals surface area contributed by atoms with Crippen molar-refractivity contribution >= 4 is 27.9 Å². The van der Waals surface area contributed by atoms with Crippen molar-refractivity contribution in [3.63, 3.8) is 0 Å². The van der Waals surface area contributed by atoms with E-state index in [1.807, 2.05) is 30.3 Å². The van der Waals surface area contributed by atoms with Crippen LogP contribution in [0.25, 0.3) is 6.08 Å². The lowest BCUT2D eigenvalue weighted by atomic mass is 9.90. The molecule has 6 heteroatoms. The summed E-state index contributed by atoms with van der Waals surface area (Å²) in [6.45, 7) is 3.55. The molecule has 0 spiro atoms. The van der Waals surface area contributed by atoms with Gasteiger partial charge < -0.3 is 15.0 Å². The first-order valence-corrected chi connectivity index (χ1v) is 11.1. The van der Waals surface area contributed by atoms with Crippen LogP contribution in [0.2, 0.25) is 0 Å². The summed E-state index contributed by atoms with van der Waals surface area (Å²) in [5, 5.41) is 2.95. The molecule has 2 aromatic rings. The Labute approximate surface area is 186 Å². The number of halogens is 2. The second-order valence-corrected chi connectivity index (χ2v) is 8.54. The Morgan fingerprint density at radius 1 is 1.23 bits per heavy atom. The zero-order chi connectivity index (χ0) is 21.3. The Balaban J connectivity index is 1.36. The number of benzene rings is 2. The van der Waals surface area contributed by atoms with Crippen molar-refractivity contribution in [3.8, 4) is 5.75 Å². The highest BCUT2D eigenvalue weighted by molar-refractivity contribution is 9.10. The van der Waals surface area contributed by atoms with Gasteiger partial charge >= 0.3 is 0 Å². The number of ether oxygens (including phenoxy) is 1. The summed E-state index contributed by atoms with van der Waals surface area (Å²) in [6.07, 6.45) is 6.58. The van der Waals surface area contributed by atoms with Gasteiger partial charge in [-0.15, -0.1) is 0 Å². The maximum Gasteiger partial charge on any atom is 0.244 e. The van der Waals surface area contributed by atoms with Gasteiger partial charge in [0.2, 0.25) is 5.91 Å². The van der Waals surface area contributed by atoms with Crippen molar-refractivity contribution in [2.24, 2.45) is 5.92 Å². The second-order valence-electron chi connectivity index (χ2n) is 7.63. The molecule has 1 aliphatic heterocycles. The lowest BCUT2D eigenvalue weighted by Crippen LogP contribution is -2.39. The third kappa shape index (κ3) is 6.96. The third-order valence-corrected chi connectivity index (χ3v) is 5.97. The maximum absolute atomic E-state index is 13.0. The van der Waals surface area contributed by atoms with Crippen LogP contribution in [-0.4, -0.2) is 44.1 Å². The molecule has 0 aliphatic carbocycles. The Morgan fingerprint density at radius 2 is 1.97 bits per heavy atom. The SMILES string of the molecule is COc1ccc(Br)cc1C=CC(=O)NCCN1CCC(Cc2ccc(F)cc2)CC1. The minimum Gasteiger partial charge on any atom is -0.496 e. The highest BCUT2D eigenvalue weighted by atomic mass is 79.9. The van der Waals surface area contributed by atoms with Crippen LogP contribution in [-0.2, 0) is 11.2 Å². The average Bonchev–Trinajstić information content (AvgIpc) is 2.75. The van der Waals surface area contributed by atoms with Crippen LogP contribution in [0.4, 0.5) is 4.39 Å². The van der Waals surface area contributed by atoms with E-state index in [-0.39, 0.29) is 11.7 Å². The Bertz CT molecular complexity index is 862. The minimum absolute atomic E-state index is 0.108. The highest BCUT2D eigenvalue weighted by Crippen LogP contribution is 2.24. The van der Waals surface area contributed by atoms with Crippen molar-refractivity contribution in [2.75, 3.05) is 33.3 Å². The zero-order valence-electron chi connectivity index (χ0n) is 17.2. The van der Waals surface area contributed by atoms with Gasteiger partial charge in [0.1, 0.15) is 11.6 Å². The number of piperidine rings is 1. The van der Waals surface area contributed by atoms with E-state index in [9.17, 15) is 9.18 Å². The smallest absolute Gasteiger partial charge is 0.244 e. The average molecular weight is 475 g/mol. The standard InChI is InChI=1S/C24H28BrFN2O2/c1-30-23-8-5-21(25)17-20(23)4-9-24(29)27-12-15-28-13-10-19(11-14-28)16-18-2-6-22(26)7-3-18/h2-9,17,19H,10-16H2,1H3,(H,27,29). The minimum atomic E-state index is -0.179. The van der Waals surface area contributed by atoms with Gasteiger partial charge in [-0.3, -0.25) is 4.79 Å². The highest BCUT2D eigenvalue weighted by Gasteiger charge is 2.19. The predicted molar refractivity (Wildman–Crippen MR) is 122 cm³/mol. The number of likely N-dealkylation sites (tertiary alicyclic amines) is 1. The molecule has 30 heavy (non-hydrogen) atoms. The molecule has 1 heterocycles. The van der Waals surface area contributed by atoms with Crippen molar-refractivity contribution in [1.82, 2.24) is 10.2 Å². The summed E-state index contributed by atoms with van der Waals surface area (Å²) in [7, 11) is 1.61. The molecule has 0 unspecified atom stereocenters. The number of carbonyl (C=O) groups is 1. The van der Waals surface area contributed by atoms with Crippen LogP contribution in [0.5, 0.6) is 5.75 Å². The van der Waals surface area contributed by atoms with E-state index >= 15 is 0 Å². The van der Waals surface area contributed by atoms with Gasteiger partial charge in [0.25, 0.3) is 0 Å². The number of nitrogens with zero attached hydrogens (tertiary/aromatic N) is 1. The van der Waals surface area contributed by atoms with Gasteiger partial charge in [-0.25, -0.2) is 4.39 Å². The van der Waals surface area contributed by atoms with Crippen molar-refractivity contribution in [3.05, 3.63) is 70.0 Å². The molecule has 0 aromatic heterocycles. The van der Waals surface area contributed by atoms with E-state index < -0.39 is 0 Å². The van der Waals surface area contributed by atoms with Crippen LogP contribution < -0.4 is 10.1 Å². The summed E-state index contributed by atoms with van der Waals surface area (Å²) in [5.41, 5.74) is 2.06. The maximum atomic E-state index is 13.0. The number of nitrogens with one attached hydrogen (secondary N) is 1. The molecule has 0 radical (unpaired) electrons. The normalized spacial score (nSPS) is 15.4. The van der Waals surface area contributed by atoms with E-state index in [0.717, 1.165) is 54.7 Å². The van der Waals surface area contributed by atoms with Crippen LogP contribution in [0.15, 0.2) is 53.0 Å². The van der Waals surface area contributed by atoms with Gasteiger partial charge in [0.05, 0.1) is 7.11 Å². The lowest BCUT2D eigenvalue weighted by Gasteiger charge is -2.32. The molecule has 3 rings (SSSR count). The van der Waals surface area contributed by atoms with Gasteiger partial charge in [-0.2, -0.15) is 0 Å². The summed E-state index contributed by atoms with van der Waals surface area (Å²) >= 11 is 3.43. The number of methoxy groups -OCH3 is 1. The van der Waals surface area contributed by atoms with E-state index in [2.05, 4.69) is 26.1 Å². The molecule has 1 aliphatic rings. The van der Waals surface area contributed by atoms with Crippen molar-refractivity contribution in [1.29, 1.82) is 0 Å². The number of hydrogen-bond acceptors (Lipinski definition) is 3.